The van der Waals surface area contributed by atoms with Gasteiger partial charge < -0.3 is 19.4 Å². The van der Waals surface area contributed by atoms with Gasteiger partial charge in [0, 0.05) is 12.6 Å². The van der Waals surface area contributed by atoms with E-state index < -0.39 is 0 Å². The molecule has 0 aromatic carbocycles. The van der Waals surface area contributed by atoms with Crippen molar-refractivity contribution in [2.24, 2.45) is 0 Å². The van der Waals surface area contributed by atoms with Gasteiger partial charge in [0.15, 0.2) is 0 Å². The summed E-state index contributed by atoms with van der Waals surface area (Å²) in [5, 5.41) is 3.34. The molecule has 0 atom stereocenters. The third-order valence-corrected chi connectivity index (χ3v) is 3.20. The highest BCUT2D eigenvalue weighted by molar-refractivity contribution is 5.30. The molecule has 1 aromatic rings. The minimum Gasteiger partial charge on any atom is -0.432 e. The highest BCUT2D eigenvalue weighted by Gasteiger charge is 2.39. The average Bonchev–Trinajstić information content (AvgIpc) is 2.70. The van der Waals surface area contributed by atoms with Gasteiger partial charge in [0.1, 0.15) is 6.26 Å². The molecule has 0 radical (unpaired) electrons. The van der Waals surface area contributed by atoms with Gasteiger partial charge in [-0.3, -0.25) is 0 Å². The first-order valence-corrected chi connectivity index (χ1v) is 7.30. The van der Waals surface area contributed by atoms with E-state index in [-0.39, 0.29) is 11.2 Å². The molecule has 1 aromatic heterocycles. The minimum atomic E-state index is -0.202. The maximum atomic E-state index is 6.08. The largest absolute Gasteiger partial charge is 0.432 e. The zero-order chi connectivity index (χ0) is 15.0. The zero-order valence-corrected chi connectivity index (χ0v) is 13.5. The summed E-state index contributed by atoms with van der Waals surface area (Å²) in [5.74, 6) is 0. The smallest absolute Gasteiger partial charge is 0.297 e. The van der Waals surface area contributed by atoms with Crippen molar-refractivity contribution in [1.82, 2.24) is 10.3 Å². The van der Waals surface area contributed by atoms with Crippen LogP contribution in [0.5, 0.6) is 0 Å². The molecule has 1 fully saturated rings. The maximum absolute atomic E-state index is 6.08. The first-order chi connectivity index (χ1) is 9.17. The number of hydrogen-bond donors (Lipinski definition) is 1. The van der Waals surface area contributed by atoms with Crippen molar-refractivity contribution in [3.05, 3.63) is 12.0 Å². The van der Waals surface area contributed by atoms with Crippen LogP contribution < -0.4 is 10.2 Å². The molecule has 5 heteroatoms. The molecule has 0 saturated carbocycles. The SMILES string of the molecule is CC(C)NCc1coc(N2CC(C)(C)OC(C)(C)C2)n1. The maximum Gasteiger partial charge on any atom is 0.297 e. The number of nitrogens with zero attached hydrogens (tertiary/aromatic N) is 2. The number of nitrogens with one attached hydrogen (secondary N) is 1. The number of oxazole rings is 1. The van der Waals surface area contributed by atoms with Crippen LogP contribution >= 0.6 is 0 Å². The van der Waals surface area contributed by atoms with Crippen LogP contribution in [0.3, 0.4) is 0 Å². The Kier molecular flexibility index (Phi) is 4.12. The van der Waals surface area contributed by atoms with Crippen LogP contribution in [-0.2, 0) is 11.3 Å². The van der Waals surface area contributed by atoms with Gasteiger partial charge in [0.2, 0.25) is 0 Å². The number of aromatic nitrogens is 1. The van der Waals surface area contributed by atoms with E-state index in [9.17, 15) is 0 Å². The number of anilines is 1. The predicted octanol–water partition coefficient (Wildman–Crippen LogP) is 2.57. The Balaban J connectivity index is 2.07. The molecule has 0 spiro atoms. The Labute approximate surface area is 121 Å². The van der Waals surface area contributed by atoms with Crippen LogP contribution in [0.25, 0.3) is 0 Å². The summed E-state index contributed by atoms with van der Waals surface area (Å²) in [4.78, 5) is 6.75. The molecule has 20 heavy (non-hydrogen) atoms. The van der Waals surface area contributed by atoms with E-state index in [1.54, 1.807) is 6.26 Å². The molecule has 2 rings (SSSR count). The zero-order valence-electron chi connectivity index (χ0n) is 13.5. The molecule has 1 aliphatic rings. The first-order valence-electron chi connectivity index (χ1n) is 7.30. The summed E-state index contributed by atoms with van der Waals surface area (Å²) in [6, 6.07) is 1.13. The molecule has 0 unspecified atom stereocenters. The van der Waals surface area contributed by atoms with Crippen molar-refractivity contribution in [3.63, 3.8) is 0 Å². The molecule has 5 nitrogen and oxygen atoms in total. The molecule has 0 aliphatic carbocycles. The number of hydrogen-bond acceptors (Lipinski definition) is 5. The van der Waals surface area contributed by atoms with E-state index in [1.807, 2.05) is 0 Å². The lowest BCUT2D eigenvalue weighted by atomic mass is 9.99. The molecular formula is C15H27N3O2. The van der Waals surface area contributed by atoms with Crippen molar-refractivity contribution in [2.75, 3.05) is 18.0 Å². The summed E-state index contributed by atoms with van der Waals surface area (Å²) in [7, 11) is 0. The van der Waals surface area contributed by atoms with Crippen molar-refractivity contribution in [2.45, 2.75) is 65.3 Å². The summed E-state index contributed by atoms with van der Waals surface area (Å²) in [5.41, 5.74) is 0.537. The van der Waals surface area contributed by atoms with Gasteiger partial charge in [-0.25, -0.2) is 0 Å². The van der Waals surface area contributed by atoms with E-state index in [2.05, 4.69) is 56.7 Å². The average molecular weight is 281 g/mol. The van der Waals surface area contributed by atoms with E-state index in [0.717, 1.165) is 25.3 Å². The highest BCUT2D eigenvalue weighted by atomic mass is 16.5. The molecule has 1 N–H and O–H groups in total. The summed E-state index contributed by atoms with van der Waals surface area (Å²) in [6.45, 7) is 15.0. The van der Waals surface area contributed by atoms with E-state index in [0.29, 0.717) is 12.1 Å². The van der Waals surface area contributed by atoms with Crippen LogP contribution in [0, 0.1) is 0 Å². The van der Waals surface area contributed by atoms with Gasteiger partial charge in [0.05, 0.1) is 30.0 Å². The highest BCUT2D eigenvalue weighted by Crippen LogP contribution is 2.30. The summed E-state index contributed by atoms with van der Waals surface area (Å²) in [6.07, 6.45) is 1.74. The Bertz CT molecular complexity index is 436. The molecule has 114 valence electrons. The van der Waals surface area contributed by atoms with Crippen molar-refractivity contribution in [1.29, 1.82) is 0 Å². The third-order valence-electron chi connectivity index (χ3n) is 3.20. The van der Waals surface area contributed by atoms with Gasteiger partial charge in [-0.15, -0.1) is 0 Å². The molecule has 0 bridgehead atoms. The van der Waals surface area contributed by atoms with Gasteiger partial charge in [-0.1, -0.05) is 13.8 Å². The fraction of sp³-hybridized carbons (Fsp3) is 0.800. The lowest BCUT2D eigenvalue weighted by Crippen LogP contribution is -2.57. The molecule has 1 saturated heterocycles. The van der Waals surface area contributed by atoms with Crippen LogP contribution in [0.1, 0.15) is 47.2 Å². The normalized spacial score (nSPS) is 21.4. The van der Waals surface area contributed by atoms with Crippen molar-refractivity contribution < 1.29 is 9.15 Å². The van der Waals surface area contributed by atoms with Crippen LogP contribution in [0.4, 0.5) is 6.01 Å². The fourth-order valence-electron chi connectivity index (χ4n) is 2.75. The fourth-order valence-corrected chi connectivity index (χ4v) is 2.75. The van der Waals surface area contributed by atoms with Gasteiger partial charge in [-0.05, 0) is 27.7 Å². The topological polar surface area (TPSA) is 50.5 Å². The summed E-state index contributed by atoms with van der Waals surface area (Å²) >= 11 is 0. The number of morpholine rings is 1. The van der Waals surface area contributed by atoms with E-state index in [4.69, 9.17) is 9.15 Å². The number of ether oxygens (including phenoxy) is 1. The Morgan fingerprint density at radius 1 is 1.25 bits per heavy atom. The second-order valence-electron chi connectivity index (χ2n) is 7.13. The van der Waals surface area contributed by atoms with Crippen LogP contribution in [0.15, 0.2) is 10.7 Å². The number of rotatable bonds is 4. The molecule has 2 heterocycles. The van der Waals surface area contributed by atoms with Crippen molar-refractivity contribution >= 4 is 6.01 Å². The Morgan fingerprint density at radius 3 is 2.40 bits per heavy atom. The second kappa shape index (κ2) is 5.37. The summed E-state index contributed by atoms with van der Waals surface area (Å²) < 4.78 is 11.7. The van der Waals surface area contributed by atoms with Crippen LogP contribution in [0.2, 0.25) is 0 Å². The van der Waals surface area contributed by atoms with E-state index in [1.165, 1.54) is 0 Å². The minimum absolute atomic E-state index is 0.202. The first kappa shape index (κ1) is 15.3. The quantitative estimate of drug-likeness (QED) is 0.919. The van der Waals surface area contributed by atoms with Gasteiger partial charge in [-0.2, -0.15) is 4.98 Å². The van der Waals surface area contributed by atoms with Gasteiger partial charge in [0.25, 0.3) is 6.01 Å². The predicted molar refractivity (Wildman–Crippen MR) is 79.9 cm³/mol. The Hall–Kier alpha value is -1.07. The van der Waals surface area contributed by atoms with Gasteiger partial charge >= 0.3 is 0 Å². The van der Waals surface area contributed by atoms with E-state index >= 15 is 0 Å². The molecule has 0 amide bonds. The standard InChI is InChI=1S/C15H27N3O2/c1-11(2)16-7-12-8-19-13(17-12)18-9-14(3,4)20-15(5,6)10-18/h8,11,16H,7,9-10H2,1-6H3. The second-order valence-corrected chi connectivity index (χ2v) is 7.13. The van der Waals surface area contributed by atoms with Crippen LogP contribution in [-0.4, -0.2) is 35.3 Å². The van der Waals surface area contributed by atoms with Crippen molar-refractivity contribution in [3.8, 4) is 0 Å². The third kappa shape index (κ3) is 3.96. The molecule has 1 aliphatic heterocycles. The lowest BCUT2D eigenvalue weighted by Gasteiger charge is -2.46. The monoisotopic (exact) mass is 281 g/mol. The Morgan fingerprint density at radius 2 is 1.85 bits per heavy atom. The molecular weight excluding hydrogens is 254 g/mol. The lowest BCUT2D eigenvalue weighted by molar-refractivity contribution is -0.134.